The van der Waals surface area contributed by atoms with Crippen LogP contribution in [0.4, 0.5) is 0 Å². The van der Waals surface area contributed by atoms with E-state index in [2.05, 4.69) is 0 Å². The van der Waals surface area contributed by atoms with Crippen LogP contribution in [0.25, 0.3) is 0 Å². The van der Waals surface area contributed by atoms with E-state index in [1.807, 2.05) is 38.1 Å². The van der Waals surface area contributed by atoms with Gasteiger partial charge in [-0.15, -0.1) is 0 Å². The number of methoxy groups -OCH3 is 1. The Hall–Kier alpha value is -1.84. The first kappa shape index (κ1) is 15.1. The van der Waals surface area contributed by atoms with Crippen LogP contribution in [0.3, 0.4) is 0 Å². The highest BCUT2D eigenvalue weighted by Crippen LogP contribution is 2.53. The molecular formula is C18H22O4. The molecule has 3 rings (SSSR count). The number of benzene rings is 1. The van der Waals surface area contributed by atoms with Crippen molar-refractivity contribution in [2.45, 2.75) is 45.6 Å². The Morgan fingerprint density at radius 1 is 1.09 bits per heavy atom. The molecule has 1 aromatic rings. The Morgan fingerprint density at radius 3 is 2.23 bits per heavy atom. The van der Waals surface area contributed by atoms with E-state index in [0.29, 0.717) is 12.8 Å². The van der Waals surface area contributed by atoms with Crippen LogP contribution in [-0.2, 0) is 14.3 Å². The SMILES string of the molecule is COc1ccc(C2OC(=O)C3(CCCC3)C(=O)C2(C)C)cc1. The molecule has 1 saturated carbocycles. The fraction of sp³-hybridized carbons (Fsp3) is 0.556. The molecule has 22 heavy (non-hydrogen) atoms. The third-order valence-electron chi connectivity index (χ3n) is 5.17. The van der Waals surface area contributed by atoms with Gasteiger partial charge in [-0.3, -0.25) is 9.59 Å². The molecule has 1 aromatic carbocycles. The van der Waals surface area contributed by atoms with Gasteiger partial charge in [0.05, 0.1) is 12.5 Å². The lowest BCUT2D eigenvalue weighted by molar-refractivity contribution is -0.189. The van der Waals surface area contributed by atoms with Crippen LogP contribution in [0.15, 0.2) is 24.3 Å². The van der Waals surface area contributed by atoms with Gasteiger partial charge in [-0.1, -0.05) is 25.0 Å². The highest BCUT2D eigenvalue weighted by atomic mass is 16.5. The minimum atomic E-state index is -0.896. The second kappa shape index (κ2) is 5.11. The molecule has 1 aliphatic carbocycles. The molecule has 2 fully saturated rings. The Balaban J connectivity index is 1.96. The minimum absolute atomic E-state index is 0.0366. The van der Waals surface area contributed by atoms with Gasteiger partial charge in [0.2, 0.25) is 0 Å². The number of carbonyl (C=O) groups excluding carboxylic acids is 2. The fourth-order valence-electron chi connectivity index (χ4n) is 3.87. The predicted octanol–water partition coefficient (Wildman–Crippen LogP) is 3.45. The van der Waals surface area contributed by atoms with Crippen molar-refractivity contribution >= 4 is 11.8 Å². The number of rotatable bonds is 2. The average molecular weight is 302 g/mol. The zero-order valence-corrected chi connectivity index (χ0v) is 13.3. The van der Waals surface area contributed by atoms with Crippen molar-refractivity contribution in [1.82, 2.24) is 0 Å². The lowest BCUT2D eigenvalue weighted by Crippen LogP contribution is -2.53. The summed E-state index contributed by atoms with van der Waals surface area (Å²) >= 11 is 0. The first-order valence-electron chi connectivity index (χ1n) is 7.82. The topological polar surface area (TPSA) is 52.6 Å². The van der Waals surface area contributed by atoms with Crippen LogP contribution in [0.2, 0.25) is 0 Å². The number of ether oxygens (including phenoxy) is 2. The summed E-state index contributed by atoms with van der Waals surface area (Å²) in [5.41, 5.74) is -0.778. The number of hydrogen-bond acceptors (Lipinski definition) is 4. The molecule has 0 bridgehead atoms. The van der Waals surface area contributed by atoms with Gasteiger partial charge >= 0.3 is 5.97 Å². The number of carbonyl (C=O) groups is 2. The molecule has 1 unspecified atom stereocenters. The highest BCUT2D eigenvalue weighted by molar-refractivity contribution is 6.08. The molecular weight excluding hydrogens is 280 g/mol. The molecule has 0 aromatic heterocycles. The fourth-order valence-corrected chi connectivity index (χ4v) is 3.87. The molecule has 1 spiro atoms. The maximum Gasteiger partial charge on any atom is 0.320 e. The van der Waals surface area contributed by atoms with E-state index in [1.54, 1.807) is 7.11 Å². The molecule has 2 aliphatic rings. The van der Waals surface area contributed by atoms with E-state index in [0.717, 1.165) is 24.2 Å². The van der Waals surface area contributed by atoms with Crippen LogP contribution in [-0.4, -0.2) is 18.9 Å². The van der Waals surface area contributed by atoms with Crippen LogP contribution >= 0.6 is 0 Å². The number of Topliss-reactive ketones (excluding diaryl/α,β-unsaturated/α-hetero) is 1. The van der Waals surface area contributed by atoms with Gasteiger partial charge in [-0.05, 0) is 44.4 Å². The summed E-state index contributed by atoms with van der Waals surface area (Å²) in [6, 6.07) is 7.37. The van der Waals surface area contributed by atoms with Crippen LogP contribution in [0.1, 0.15) is 51.2 Å². The van der Waals surface area contributed by atoms with E-state index < -0.39 is 16.9 Å². The van der Waals surface area contributed by atoms with Gasteiger partial charge in [-0.25, -0.2) is 0 Å². The first-order valence-corrected chi connectivity index (χ1v) is 7.82. The second-order valence-electron chi connectivity index (χ2n) is 6.90. The summed E-state index contributed by atoms with van der Waals surface area (Å²) in [6.45, 7) is 3.77. The number of hydrogen-bond donors (Lipinski definition) is 0. The van der Waals surface area contributed by atoms with Gasteiger partial charge < -0.3 is 9.47 Å². The molecule has 0 amide bonds. The van der Waals surface area contributed by atoms with Crippen molar-refractivity contribution < 1.29 is 19.1 Å². The Bertz CT molecular complexity index is 594. The predicted molar refractivity (Wildman–Crippen MR) is 81.5 cm³/mol. The first-order chi connectivity index (χ1) is 10.4. The van der Waals surface area contributed by atoms with E-state index in [-0.39, 0.29) is 11.8 Å². The van der Waals surface area contributed by atoms with Crippen molar-refractivity contribution in [3.63, 3.8) is 0 Å². The molecule has 4 heteroatoms. The number of esters is 1. The van der Waals surface area contributed by atoms with Gasteiger partial charge in [0.1, 0.15) is 17.3 Å². The van der Waals surface area contributed by atoms with Crippen molar-refractivity contribution in [3.8, 4) is 5.75 Å². The minimum Gasteiger partial charge on any atom is -0.497 e. The van der Waals surface area contributed by atoms with Gasteiger partial charge in [-0.2, -0.15) is 0 Å². The van der Waals surface area contributed by atoms with Crippen LogP contribution in [0.5, 0.6) is 5.75 Å². The Morgan fingerprint density at radius 2 is 1.68 bits per heavy atom. The maximum atomic E-state index is 13.1. The zero-order valence-electron chi connectivity index (χ0n) is 13.3. The summed E-state index contributed by atoms with van der Waals surface area (Å²) in [5, 5.41) is 0. The maximum absolute atomic E-state index is 13.1. The third-order valence-corrected chi connectivity index (χ3v) is 5.17. The van der Waals surface area contributed by atoms with Crippen LogP contribution in [0, 0.1) is 10.8 Å². The summed E-state index contributed by atoms with van der Waals surface area (Å²) in [5.74, 6) is 0.437. The normalized spacial score (nSPS) is 26.0. The lowest BCUT2D eigenvalue weighted by Gasteiger charge is -2.44. The zero-order chi connectivity index (χ0) is 16.0. The molecule has 1 aliphatic heterocycles. The van der Waals surface area contributed by atoms with Gasteiger partial charge in [0, 0.05) is 0 Å². The Labute approximate surface area is 130 Å². The third kappa shape index (κ3) is 2.04. The van der Waals surface area contributed by atoms with Gasteiger partial charge in [0.15, 0.2) is 5.78 Å². The van der Waals surface area contributed by atoms with Crippen LogP contribution < -0.4 is 4.74 Å². The van der Waals surface area contributed by atoms with Crippen molar-refractivity contribution in [2.75, 3.05) is 7.11 Å². The summed E-state index contributed by atoms with van der Waals surface area (Å²) < 4.78 is 10.9. The van der Waals surface area contributed by atoms with Crippen molar-refractivity contribution in [3.05, 3.63) is 29.8 Å². The summed E-state index contributed by atoms with van der Waals surface area (Å²) in [7, 11) is 1.60. The molecule has 1 atom stereocenters. The monoisotopic (exact) mass is 302 g/mol. The number of ketones is 1. The summed E-state index contributed by atoms with van der Waals surface area (Å²) in [4.78, 5) is 25.6. The van der Waals surface area contributed by atoms with E-state index in [1.165, 1.54) is 0 Å². The summed E-state index contributed by atoms with van der Waals surface area (Å²) in [6.07, 6.45) is 2.56. The highest BCUT2D eigenvalue weighted by Gasteiger charge is 2.60. The molecule has 1 heterocycles. The van der Waals surface area contributed by atoms with Gasteiger partial charge in [0.25, 0.3) is 0 Å². The molecule has 0 N–H and O–H groups in total. The van der Waals surface area contributed by atoms with Crippen molar-refractivity contribution in [1.29, 1.82) is 0 Å². The number of cyclic esters (lactones) is 1. The smallest absolute Gasteiger partial charge is 0.320 e. The molecule has 0 radical (unpaired) electrons. The van der Waals surface area contributed by atoms with E-state index >= 15 is 0 Å². The quantitative estimate of drug-likeness (QED) is 0.620. The lowest BCUT2D eigenvalue weighted by atomic mass is 9.64. The average Bonchev–Trinajstić information content (AvgIpc) is 3.01. The van der Waals surface area contributed by atoms with E-state index in [4.69, 9.17) is 9.47 Å². The standard InChI is InChI=1S/C18H22O4/c1-17(2)14(12-6-8-13(21-3)9-7-12)22-16(20)18(15(17)19)10-4-5-11-18/h6-9,14H,4-5,10-11H2,1-3H3. The molecule has 1 saturated heterocycles. The Kier molecular flexibility index (Phi) is 3.50. The van der Waals surface area contributed by atoms with E-state index in [9.17, 15) is 9.59 Å². The largest absolute Gasteiger partial charge is 0.497 e. The van der Waals surface area contributed by atoms with Crippen molar-refractivity contribution in [2.24, 2.45) is 10.8 Å². The second-order valence-corrected chi connectivity index (χ2v) is 6.90. The molecule has 4 nitrogen and oxygen atoms in total. The molecule has 118 valence electrons.